The molecule has 1 atom stereocenters. The van der Waals surface area contributed by atoms with E-state index in [-0.39, 0.29) is 18.4 Å². The lowest BCUT2D eigenvalue weighted by Crippen LogP contribution is -2.39. The molecule has 2 amide bonds. The van der Waals surface area contributed by atoms with E-state index in [1.807, 2.05) is 6.92 Å². The van der Waals surface area contributed by atoms with Crippen molar-refractivity contribution in [3.63, 3.8) is 0 Å². The second kappa shape index (κ2) is 10.5. The molecule has 0 aliphatic carbocycles. The van der Waals surface area contributed by atoms with Crippen LogP contribution in [-0.2, 0) is 9.53 Å². The van der Waals surface area contributed by atoms with Gasteiger partial charge in [0.2, 0.25) is 0 Å². The minimum atomic E-state index is -0.740. The summed E-state index contributed by atoms with van der Waals surface area (Å²) in [5, 5.41) is 18.6. The number of halogens is 1. The van der Waals surface area contributed by atoms with Gasteiger partial charge in [0.25, 0.3) is 11.8 Å². The van der Waals surface area contributed by atoms with Gasteiger partial charge in [0.15, 0.2) is 0 Å². The fourth-order valence-electron chi connectivity index (χ4n) is 3.64. The van der Waals surface area contributed by atoms with Crippen LogP contribution >= 0.6 is 0 Å². The number of hydrogen-bond acceptors (Lipinski definition) is 5. The molecule has 0 spiro atoms. The van der Waals surface area contributed by atoms with Gasteiger partial charge in [-0.25, -0.2) is 4.39 Å². The van der Waals surface area contributed by atoms with Crippen molar-refractivity contribution < 1.29 is 23.8 Å². The zero-order valence-corrected chi connectivity index (χ0v) is 18.5. The van der Waals surface area contributed by atoms with E-state index < -0.39 is 11.9 Å². The first-order valence-electron chi connectivity index (χ1n) is 10.6. The molecular formula is C23H29FN4O4. The van der Waals surface area contributed by atoms with Gasteiger partial charge in [0.1, 0.15) is 5.82 Å². The number of aliphatic hydroxyl groups excluding tert-OH is 1. The van der Waals surface area contributed by atoms with Crippen LogP contribution in [0.25, 0.3) is 11.6 Å². The molecule has 1 aromatic carbocycles. The number of ether oxygens (including phenoxy) is 1. The van der Waals surface area contributed by atoms with Gasteiger partial charge in [0, 0.05) is 48.9 Å². The molecule has 0 saturated heterocycles. The quantitative estimate of drug-likeness (QED) is 0.284. The van der Waals surface area contributed by atoms with Crippen molar-refractivity contribution in [3.8, 4) is 0 Å². The monoisotopic (exact) mass is 444 g/mol. The summed E-state index contributed by atoms with van der Waals surface area (Å²) in [6.07, 6.45) is 0.881. The largest absolute Gasteiger partial charge is 0.390 e. The Morgan fingerprint density at radius 2 is 2.09 bits per heavy atom. The SMILES string of the molecule is CCOCCNCC(O)CNC(=O)c1c(C)[nH]c(C=C2C(=O)Nc3ccc(F)cc32)c1C. The Bertz CT molecular complexity index is 1030. The van der Waals surface area contributed by atoms with E-state index in [9.17, 15) is 19.1 Å². The first kappa shape index (κ1) is 23.6. The molecular weight excluding hydrogens is 415 g/mol. The second-order valence-electron chi connectivity index (χ2n) is 7.63. The number of hydrogen-bond donors (Lipinski definition) is 5. The first-order chi connectivity index (χ1) is 15.3. The van der Waals surface area contributed by atoms with Gasteiger partial charge in [-0.2, -0.15) is 0 Å². The number of anilines is 1. The lowest BCUT2D eigenvalue weighted by Gasteiger charge is -2.13. The van der Waals surface area contributed by atoms with E-state index >= 15 is 0 Å². The number of nitrogens with one attached hydrogen (secondary N) is 4. The van der Waals surface area contributed by atoms with Crippen molar-refractivity contribution in [3.05, 3.63) is 52.1 Å². The molecule has 0 fully saturated rings. The molecule has 0 bridgehead atoms. The number of aromatic amines is 1. The highest BCUT2D eigenvalue weighted by molar-refractivity contribution is 6.34. The maximum atomic E-state index is 13.7. The van der Waals surface area contributed by atoms with Crippen molar-refractivity contribution in [2.45, 2.75) is 26.9 Å². The number of benzene rings is 1. The second-order valence-corrected chi connectivity index (χ2v) is 7.63. The number of carbonyl (C=O) groups excluding carboxylic acids is 2. The number of fused-ring (bicyclic) bond motifs is 1. The predicted octanol–water partition coefficient (Wildman–Crippen LogP) is 1.98. The zero-order chi connectivity index (χ0) is 23.3. The van der Waals surface area contributed by atoms with Crippen LogP contribution in [0.5, 0.6) is 0 Å². The van der Waals surface area contributed by atoms with Crippen LogP contribution in [0.2, 0.25) is 0 Å². The van der Waals surface area contributed by atoms with Crippen molar-refractivity contribution in [2.75, 3.05) is 38.2 Å². The lowest BCUT2D eigenvalue weighted by molar-refractivity contribution is -0.110. The predicted molar refractivity (Wildman–Crippen MR) is 121 cm³/mol. The van der Waals surface area contributed by atoms with Gasteiger partial charge in [-0.15, -0.1) is 0 Å². The maximum Gasteiger partial charge on any atom is 0.256 e. The Labute approximate surface area is 186 Å². The molecule has 1 aliphatic rings. The highest BCUT2D eigenvalue weighted by atomic mass is 19.1. The molecule has 1 aliphatic heterocycles. The van der Waals surface area contributed by atoms with Crippen LogP contribution < -0.4 is 16.0 Å². The first-order valence-corrected chi connectivity index (χ1v) is 10.6. The summed E-state index contributed by atoms with van der Waals surface area (Å²) in [4.78, 5) is 28.2. The van der Waals surface area contributed by atoms with E-state index in [4.69, 9.17) is 4.74 Å². The average molecular weight is 445 g/mol. The lowest BCUT2D eigenvalue weighted by atomic mass is 10.0. The molecule has 5 N–H and O–H groups in total. The number of aliphatic hydroxyl groups is 1. The zero-order valence-electron chi connectivity index (χ0n) is 18.5. The Morgan fingerprint density at radius 3 is 2.84 bits per heavy atom. The number of aryl methyl sites for hydroxylation is 1. The maximum absolute atomic E-state index is 13.7. The molecule has 0 radical (unpaired) electrons. The van der Waals surface area contributed by atoms with Gasteiger partial charge in [-0.1, -0.05) is 0 Å². The molecule has 2 heterocycles. The fourth-order valence-corrected chi connectivity index (χ4v) is 3.64. The third kappa shape index (κ3) is 5.42. The van der Waals surface area contributed by atoms with Gasteiger partial charge in [-0.05, 0) is 50.6 Å². The molecule has 1 unspecified atom stereocenters. The van der Waals surface area contributed by atoms with Crippen LogP contribution in [0.1, 0.15) is 39.8 Å². The summed E-state index contributed by atoms with van der Waals surface area (Å²) in [5.74, 6) is -1.09. The number of H-pyrrole nitrogens is 1. The Kier molecular flexibility index (Phi) is 7.79. The fraction of sp³-hybridized carbons (Fsp3) is 0.391. The number of aromatic nitrogens is 1. The Morgan fingerprint density at radius 1 is 1.31 bits per heavy atom. The van der Waals surface area contributed by atoms with E-state index in [1.165, 1.54) is 18.2 Å². The summed E-state index contributed by atoms with van der Waals surface area (Å²) in [7, 11) is 0. The third-order valence-electron chi connectivity index (χ3n) is 5.26. The molecule has 8 nitrogen and oxygen atoms in total. The summed E-state index contributed by atoms with van der Waals surface area (Å²) >= 11 is 0. The van der Waals surface area contributed by atoms with Crippen molar-refractivity contribution in [2.24, 2.45) is 0 Å². The summed E-state index contributed by atoms with van der Waals surface area (Å²) in [5.41, 5.74) is 3.69. The van der Waals surface area contributed by atoms with Gasteiger partial charge in [0.05, 0.1) is 23.8 Å². The average Bonchev–Trinajstić information content (AvgIpc) is 3.21. The normalized spacial score (nSPS) is 15.0. The Hall–Kier alpha value is -3.01. The Balaban J connectivity index is 1.68. The molecule has 2 aromatic rings. The van der Waals surface area contributed by atoms with Gasteiger partial charge >= 0.3 is 0 Å². The van der Waals surface area contributed by atoms with E-state index in [1.54, 1.807) is 19.9 Å². The highest BCUT2D eigenvalue weighted by Gasteiger charge is 2.26. The van der Waals surface area contributed by atoms with Crippen molar-refractivity contribution >= 4 is 29.2 Å². The summed E-state index contributed by atoms with van der Waals surface area (Å²) < 4.78 is 18.9. The van der Waals surface area contributed by atoms with E-state index in [0.29, 0.717) is 65.6 Å². The number of rotatable bonds is 10. The van der Waals surface area contributed by atoms with Crippen molar-refractivity contribution in [1.82, 2.24) is 15.6 Å². The topological polar surface area (TPSA) is 115 Å². The minimum Gasteiger partial charge on any atom is -0.390 e. The third-order valence-corrected chi connectivity index (χ3v) is 5.26. The van der Waals surface area contributed by atoms with Crippen molar-refractivity contribution in [1.29, 1.82) is 0 Å². The summed E-state index contributed by atoms with van der Waals surface area (Å²) in [6.45, 7) is 7.70. The van der Waals surface area contributed by atoms with Gasteiger partial charge in [-0.3, -0.25) is 9.59 Å². The van der Waals surface area contributed by atoms with Crippen LogP contribution in [-0.4, -0.2) is 60.9 Å². The van der Waals surface area contributed by atoms with E-state index in [2.05, 4.69) is 20.9 Å². The van der Waals surface area contributed by atoms with Crippen LogP contribution in [0.15, 0.2) is 18.2 Å². The number of amides is 2. The summed E-state index contributed by atoms with van der Waals surface area (Å²) in [6, 6.07) is 4.12. The van der Waals surface area contributed by atoms with Crippen LogP contribution in [0.3, 0.4) is 0 Å². The van der Waals surface area contributed by atoms with E-state index in [0.717, 1.165) is 0 Å². The standard InChI is InChI=1S/C23H29FN4O4/c1-4-32-8-7-25-11-16(29)12-26-23(31)21-13(2)20(27-14(21)3)10-18-17-9-15(24)5-6-19(17)28-22(18)30/h5-6,9-10,16,25,27,29H,4,7-8,11-12H2,1-3H3,(H,26,31)(H,28,30). The number of carbonyl (C=O) groups is 2. The molecule has 9 heteroatoms. The smallest absolute Gasteiger partial charge is 0.256 e. The van der Waals surface area contributed by atoms with Crippen LogP contribution in [0.4, 0.5) is 10.1 Å². The highest BCUT2D eigenvalue weighted by Crippen LogP contribution is 2.34. The van der Waals surface area contributed by atoms with Crippen LogP contribution in [0, 0.1) is 19.7 Å². The van der Waals surface area contributed by atoms with Gasteiger partial charge < -0.3 is 30.8 Å². The molecule has 0 saturated carbocycles. The molecule has 172 valence electrons. The molecule has 1 aromatic heterocycles. The minimum absolute atomic E-state index is 0.0933. The molecule has 3 rings (SSSR count). The molecule has 32 heavy (non-hydrogen) atoms.